The third-order valence-corrected chi connectivity index (χ3v) is 3.35. The minimum Gasteiger partial charge on any atom is -0.271 e. The monoisotopic (exact) mass is 282 g/mol. The van der Waals surface area contributed by atoms with Gasteiger partial charge in [-0.15, -0.1) is 0 Å². The maximum Gasteiger partial charge on any atom is 0.0999 e. The average molecular weight is 282 g/mol. The number of aromatic amines is 1. The zero-order valence-corrected chi connectivity index (χ0v) is 9.00. The Bertz CT molecular complexity index is 474. The number of halogens is 1. The van der Waals surface area contributed by atoms with Crippen LogP contribution in [0.5, 0.6) is 0 Å². The highest BCUT2D eigenvalue weighted by molar-refractivity contribution is 14.1. The van der Waals surface area contributed by atoms with Gasteiger partial charge >= 0.3 is 0 Å². The Hall–Kier alpha value is -0.840. The van der Waals surface area contributed by atoms with Gasteiger partial charge in [-0.2, -0.15) is 5.10 Å². The molecule has 0 bridgehead atoms. The number of fused-ring (bicyclic) bond motifs is 3. The summed E-state index contributed by atoms with van der Waals surface area (Å²) in [6.07, 6.45) is 1.03. The lowest BCUT2D eigenvalue weighted by molar-refractivity contribution is 1.06. The first-order chi connectivity index (χ1) is 6.36. The number of H-pyrrole nitrogens is 1. The lowest BCUT2D eigenvalue weighted by Gasteiger charge is -1.95. The van der Waals surface area contributed by atoms with Gasteiger partial charge < -0.3 is 0 Å². The van der Waals surface area contributed by atoms with E-state index in [-0.39, 0.29) is 0 Å². The van der Waals surface area contributed by atoms with Gasteiger partial charge in [0.1, 0.15) is 0 Å². The highest BCUT2D eigenvalue weighted by Gasteiger charge is 2.22. The van der Waals surface area contributed by atoms with Crippen LogP contribution in [0.2, 0.25) is 0 Å². The fraction of sp³-hybridized carbons (Fsp3) is 0.100. The third kappa shape index (κ3) is 0.964. The number of hydrogen-bond donors (Lipinski definition) is 1. The molecule has 1 heterocycles. The Morgan fingerprint density at radius 1 is 1.31 bits per heavy atom. The molecule has 0 spiro atoms. The summed E-state index contributed by atoms with van der Waals surface area (Å²) in [6, 6.07) is 8.46. The Kier molecular flexibility index (Phi) is 1.49. The maximum atomic E-state index is 4.31. The first kappa shape index (κ1) is 7.55. The fourth-order valence-electron chi connectivity index (χ4n) is 1.82. The van der Waals surface area contributed by atoms with Crippen LogP contribution in [0.15, 0.2) is 24.3 Å². The molecule has 1 aromatic carbocycles. The Morgan fingerprint density at radius 2 is 2.15 bits per heavy atom. The van der Waals surface area contributed by atoms with E-state index < -0.39 is 0 Å². The molecule has 64 valence electrons. The molecule has 2 nitrogen and oxygen atoms in total. The fourth-order valence-corrected chi connectivity index (χ4v) is 2.39. The van der Waals surface area contributed by atoms with E-state index in [4.69, 9.17) is 0 Å². The number of rotatable bonds is 0. The SMILES string of the molecule is Ic1[nH]nc2c1Cc1ccccc1-2. The molecule has 1 N–H and O–H groups in total. The summed E-state index contributed by atoms with van der Waals surface area (Å²) >= 11 is 2.30. The van der Waals surface area contributed by atoms with Crippen molar-refractivity contribution >= 4 is 22.6 Å². The van der Waals surface area contributed by atoms with Crippen LogP contribution in [0.25, 0.3) is 11.3 Å². The first-order valence-corrected chi connectivity index (χ1v) is 5.25. The van der Waals surface area contributed by atoms with Crippen LogP contribution < -0.4 is 0 Å². The van der Waals surface area contributed by atoms with Crippen LogP contribution in [0, 0.1) is 3.70 Å². The van der Waals surface area contributed by atoms with Crippen molar-refractivity contribution in [3.63, 3.8) is 0 Å². The van der Waals surface area contributed by atoms with E-state index in [2.05, 4.69) is 57.1 Å². The molecule has 1 aromatic heterocycles. The predicted molar refractivity (Wildman–Crippen MR) is 59.5 cm³/mol. The number of hydrogen-bond acceptors (Lipinski definition) is 1. The zero-order chi connectivity index (χ0) is 8.84. The maximum absolute atomic E-state index is 4.31. The quantitative estimate of drug-likeness (QED) is 0.631. The summed E-state index contributed by atoms with van der Waals surface area (Å²) in [5.41, 5.74) is 5.17. The summed E-state index contributed by atoms with van der Waals surface area (Å²) in [5, 5.41) is 7.32. The molecule has 13 heavy (non-hydrogen) atoms. The van der Waals surface area contributed by atoms with Crippen molar-refractivity contribution in [2.45, 2.75) is 6.42 Å². The van der Waals surface area contributed by atoms with E-state index >= 15 is 0 Å². The summed E-state index contributed by atoms with van der Waals surface area (Å²) in [7, 11) is 0. The second-order valence-electron chi connectivity index (χ2n) is 3.20. The van der Waals surface area contributed by atoms with Gasteiger partial charge in [-0.05, 0) is 28.2 Å². The molecule has 3 rings (SSSR count). The van der Waals surface area contributed by atoms with Crippen molar-refractivity contribution in [3.8, 4) is 11.3 Å². The van der Waals surface area contributed by atoms with Crippen LogP contribution >= 0.6 is 22.6 Å². The van der Waals surface area contributed by atoms with Gasteiger partial charge in [0.05, 0.1) is 9.39 Å². The minimum atomic E-state index is 1.03. The molecule has 0 radical (unpaired) electrons. The number of benzene rings is 1. The van der Waals surface area contributed by atoms with Crippen molar-refractivity contribution in [3.05, 3.63) is 39.1 Å². The van der Waals surface area contributed by atoms with Gasteiger partial charge in [-0.3, -0.25) is 5.10 Å². The van der Waals surface area contributed by atoms with Gasteiger partial charge in [0.2, 0.25) is 0 Å². The van der Waals surface area contributed by atoms with Crippen molar-refractivity contribution < 1.29 is 0 Å². The van der Waals surface area contributed by atoms with E-state index in [1.165, 1.54) is 20.4 Å². The van der Waals surface area contributed by atoms with E-state index in [9.17, 15) is 0 Å². The van der Waals surface area contributed by atoms with E-state index in [1.54, 1.807) is 0 Å². The number of nitrogens with one attached hydrogen (secondary N) is 1. The van der Waals surface area contributed by atoms with Gasteiger partial charge in [-0.1, -0.05) is 24.3 Å². The molecule has 1 aliphatic rings. The van der Waals surface area contributed by atoms with Crippen LogP contribution in [0.3, 0.4) is 0 Å². The van der Waals surface area contributed by atoms with Crippen LogP contribution in [-0.4, -0.2) is 10.2 Å². The Morgan fingerprint density at radius 3 is 3.08 bits per heavy atom. The lowest BCUT2D eigenvalue weighted by Crippen LogP contribution is -1.83. The zero-order valence-electron chi connectivity index (χ0n) is 6.84. The van der Waals surface area contributed by atoms with E-state index in [0.29, 0.717) is 0 Å². The summed E-state index contributed by atoms with van der Waals surface area (Å²) in [6.45, 7) is 0. The van der Waals surface area contributed by atoms with Crippen LogP contribution in [0.1, 0.15) is 11.1 Å². The van der Waals surface area contributed by atoms with Gasteiger partial charge in [0.15, 0.2) is 0 Å². The van der Waals surface area contributed by atoms with Gasteiger partial charge in [0.25, 0.3) is 0 Å². The molecule has 0 saturated heterocycles. The molecule has 0 aliphatic heterocycles. The predicted octanol–water partition coefficient (Wildman–Crippen LogP) is 2.59. The Labute approximate surface area is 89.5 Å². The number of nitrogens with zero attached hydrogens (tertiary/aromatic N) is 1. The minimum absolute atomic E-state index is 1.03. The molecule has 0 amide bonds. The number of aromatic nitrogens is 2. The molecule has 1 aliphatic carbocycles. The van der Waals surface area contributed by atoms with Crippen molar-refractivity contribution in [1.82, 2.24) is 10.2 Å². The molecular weight excluding hydrogens is 275 g/mol. The Balaban J connectivity index is 2.32. The lowest BCUT2D eigenvalue weighted by atomic mass is 10.1. The van der Waals surface area contributed by atoms with Gasteiger partial charge in [0, 0.05) is 17.5 Å². The van der Waals surface area contributed by atoms with Gasteiger partial charge in [-0.25, -0.2) is 0 Å². The van der Waals surface area contributed by atoms with Crippen LogP contribution in [0.4, 0.5) is 0 Å². The smallest absolute Gasteiger partial charge is 0.0999 e. The summed E-state index contributed by atoms with van der Waals surface area (Å²) in [5.74, 6) is 0. The normalized spacial score (nSPS) is 12.7. The molecule has 3 heteroatoms. The molecule has 0 unspecified atom stereocenters. The van der Waals surface area contributed by atoms with Crippen molar-refractivity contribution in [2.75, 3.05) is 0 Å². The second-order valence-corrected chi connectivity index (χ2v) is 4.28. The topological polar surface area (TPSA) is 28.7 Å². The van der Waals surface area contributed by atoms with Crippen molar-refractivity contribution in [2.24, 2.45) is 0 Å². The molecular formula is C10H7IN2. The van der Waals surface area contributed by atoms with Crippen molar-refractivity contribution in [1.29, 1.82) is 0 Å². The molecule has 0 atom stereocenters. The molecule has 0 fully saturated rings. The average Bonchev–Trinajstić information content (AvgIpc) is 2.67. The summed E-state index contributed by atoms with van der Waals surface area (Å²) < 4.78 is 1.17. The van der Waals surface area contributed by atoms with E-state index in [1.807, 2.05) is 0 Å². The standard InChI is InChI=1S/C10H7IN2/c11-10-8-5-6-3-1-2-4-7(6)9(8)12-13-10/h1-4H,5H2,(H,12,13). The highest BCUT2D eigenvalue weighted by atomic mass is 127. The summed E-state index contributed by atoms with van der Waals surface area (Å²) in [4.78, 5) is 0. The first-order valence-electron chi connectivity index (χ1n) is 4.17. The highest BCUT2D eigenvalue weighted by Crippen LogP contribution is 2.36. The third-order valence-electron chi connectivity index (χ3n) is 2.46. The largest absolute Gasteiger partial charge is 0.271 e. The van der Waals surface area contributed by atoms with E-state index in [0.717, 1.165) is 12.1 Å². The molecule has 0 saturated carbocycles. The van der Waals surface area contributed by atoms with Crippen LogP contribution in [-0.2, 0) is 6.42 Å². The molecule has 2 aromatic rings. The second kappa shape index (κ2) is 2.57.